The van der Waals surface area contributed by atoms with E-state index < -0.39 is 44.4 Å². The average Bonchev–Trinajstić information content (AvgIpc) is 3.13. The van der Waals surface area contributed by atoms with Gasteiger partial charge in [0.25, 0.3) is 0 Å². The van der Waals surface area contributed by atoms with E-state index in [-0.39, 0.29) is 38.9 Å². The van der Waals surface area contributed by atoms with Crippen molar-refractivity contribution < 1.29 is 44.8 Å². The zero-order valence-corrected chi connectivity index (χ0v) is 18.6. The summed E-state index contributed by atoms with van der Waals surface area (Å²) in [4.78, 5) is 11.4. The fourth-order valence-corrected chi connectivity index (χ4v) is 3.81. The van der Waals surface area contributed by atoms with Crippen LogP contribution in [0.15, 0.2) is 35.7 Å². The molecule has 16 heteroatoms. The van der Waals surface area contributed by atoms with Crippen LogP contribution in [0.5, 0.6) is 5.75 Å². The van der Waals surface area contributed by atoms with Crippen molar-refractivity contribution in [1.82, 2.24) is 19.4 Å². The van der Waals surface area contributed by atoms with Crippen LogP contribution >= 0.6 is 0 Å². The van der Waals surface area contributed by atoms with E-state index in [1.54, 1.807) is 6.92 Å². The molecule has 0 aliphatic heterocycles. The highest BCUT2D eigenvalue weighted by atomic mass is 32.2. The molecule has 0 amide bonds. The van der Waals surface area contributed by atoms with Gasteiger partial charge in [0.05, 0.1) is 21.9 Å². The molecule has 0 saturated carbocycles. The lowest BCUT2D eigenvalue weighted by Gasteiger charge is -2.18. The molecule has 0 aromatic carbocycles. The van der Waals surface area contributed by atoms with Gasteiger partial charge in [-0.3, -0.25) is 8.61 Å². The smallest absolute Gasteiger partial charge is 0.459 e. The van der Waals surface area contributed by atoms with E-state index in [9.17, 15) is 34.6 Å². The third-order valence-corrected chi connectivity index (χ3v) is 5.92. The van der Waals surface area contributed by atoms with E-state index in [4.69, 9.17) is 4.74 Å². The summed E-state index contributed by atoms with van der Waals surface area (Å²) in [7, 11) is -5.07. The molecule has 1 unspecified atom stereocenters. The monoisotopic (exact) mass is 516 g/mol. The molecule has 9 nitrogen and oxygen atoms in total. The Bertz CT molecular complexity index is 1290. The van der Waals surface area contributed by atoms with Crippen LogP contribution in [0.4, 0.5) is 22.0 Å². The number of fused-ring (bicyclic) bond motifs is 1. The van der Waals surface area contributed by atoms with Gasteiger partial charge >= 0.3 is 12.1 Å². The molecule has 3 rings (SSSR count). The van der Waals surface area contributed by atoms with Crippen LogP contribution in [0.2, 0.25) is 0 Å². The zero-order chi connectivity index (χ0) is 23.9. The summed E-state index contributed by atoms with van der Waals surface area (Å²) in [5, 5.41) is 0. The fraction of sp³-hybridized carbons (Fsp3) is 0.353. The van der Waals surface area contributed by atoms with E-state index in [1.165, 1.54) is 12.3 Å². The molecule has 0 radical (unpaired) electrons. The Hall–Kier alpha value is -2.72. The van der Waals surface area contributed by atoms with Crippen molar-refractivity contribution in [2.75, 3.05) is 17.9 Å². The van der Waals surface area contributed by atoms with Crippen LogP contribution in [-0.4, -0.2) is 61.6 Å². The Kier molecular flexibility index (Phi) is 7.45. The Morgan fingerprint density at radius 2 is 1.82 bits per heavy atom. The van der Waals surface area contributed by atoms with Gasteiger partial charge in [-0.2, -0.15) is 22.0 Å². The first-order chi connectivity index (χ1) is 14.7. The Morgan fingerprint density at radius 1 is 1.15 bits per heavy atom. The molecule has 0 fully saturated rings. The summed E-state index contributed by atoms with van der Waals surface area (Å²) < 4.78 is 106. The van der Waals surface area contributed by atoms with E-state index in [0.717, 1.165) is 23.2 Å². The topological polar surface area (TPSA) is 135 Å². The minimum atomic E-state index is -5.83. The first-order valence-electron chi connectivity index (χ1n) is 8.72. The molecule has 2 N–H and O–H groups in total. The lowest BCUT2D eigenvalue weighted by Crippen LogP contribution is -2.34. The van der Waals surface area contributed by atoms with Crippen molar-refractivity contribution >= 4 is 26.3 Å². The van der Waals surface area contributed by atoms with Crippen molar-refractivity contribution in [1.29, 1.82) is 0 Å². The molecule has 0 bridgehead atoms. The third-order valence-electron chi connectivity index (χ3n) is 4.04. The van der Waals surface area contributed by atoms with Crippen LogP contribution in [-0.2, 0) is 26.6 Å². The molecule has 0 aliphatic rings. The molecule has 0 spiro atoms. The largest absolute Gasteiger partial charge is 0.476 e. The average molecular weight is 516 g/mol. The van der Waals surface area contributed by atoms with E-state index >= 15 is 0 Å². The Balaban J connectivity index is 0.00000385. The highest BCUT2D eigenvalue weighted by Crippen LogP contribution is 2.43. The van der Waals surface area contributed by atoms with Crippen LogP contribution in [0.25, 0.3) is 17.0 Å². The maximum Gasteiger partial charge on any atom is 0.459 e. The Labute approximate surface area is 186 Å². The van der Waals surface area contributed by atoms with Gasteiger partial charge < -0.3 is 10.2 Å². The Morgan fingerprint density at radius 3 is 2.39 bits per heavy atom. The van der Waals surface area contributed by atoms with Crippen molar-refractivity contribution in [2.45, 2.75) is 23.9 Å². The van der Waals surface area contributed by atoms with E-state index in [2.05, 4.69) is 15.0 Å². The fourth-order valence-electron chi connectivity index (χ4n) is 2.52. The van der Waals surface area contributed by atoms with E-state index in [1.807, 2.05) is 0 Å². The normalized spacial score (nSPS) is 13.5. The minimum Gasteiger partial charge on any atom is -0.476 e. The van der Waals surface area contributed by atoms with Crippen molar-refractivity contribution in [2.24, 2.45) is 0 Å². The summed E-state index contributed by atoms with van der Waals surface area (Å²) in [6, 6.07) is 1.80. The number of hydrogen-bond acceptors (Lipinski definition) is 7. The first-order valence-corrected chi connectivity index (χ1v) is 12.1. The lowest BCUT2D eigenvalue weighted by molar-refractivity contribution is -0.290. The van der Waals surface area contributed by atoms with E-state index in [0.29, 0.717) is 6.07 Å². The summed E-state index contributed by atoms with van der Waals surface area (Å²) in [6.45, 7) is 1.61. The predicted octanol–water partition coefficient (Wildman–Crippen LogP) is 2.13. The SMILES string of the molecule is CCS(=O)c1cc(OCS(C)(=O)=O)cnc1-c1cn2cnc(C(F)(F)C(F)(F)F)cc2n1.O. The minimum absolute atomic E-state index is 0. The maximum absolute atomic E-state index is 13.6. The van der Waals surface area contributed by atoms with Gasteiger partial charge in [0, 0.05) is 30.3 Å². The molecule has 182 valence electrons. The maximum atomic E-state index is 13.6. The number of hydrogen-bond donors (Lipinski definition) is 0. The van der Waals surface area contributed by atoms with Gasteiger partial charge in [-0.05, 0) is 0 Å². The van der Waals surface area contributed by atoms with Crippen LogP contribution < -0.4 is 4.74 Å². The van der Waals surface area contributed by atoms with Crippen molar-refractivity contribution in [3.05, 3.63) is 36.5 Å². The molecule has 0 saturated heterocycles. The van der Waals surface area contributed by atoms with Crippen molar-refractivity contribution in [3.8, 4) is 17.1 Å². The zero-order valence-electron chi connectivity index (χ0n) is 16.9. The second-order valence-corrected chi connectivity index (χ2v) is 10.4. The van der Waals surface area contributed by atoms with Crippen molar-refractivity contribution in [3.63, 3.8) is 0 Å². The van der Waals surface area contributed by atoms with Gasteiger partial charge in [0.1, 0.15) is 34.8 Å². The summed E-state index contributed by atoms with van der Waals surface area (Å²) >= 11 is 0. The number of aromatic nitrogens is 4. The molecular formula is C17H17F5N4O5S2. The molecule has 3 aromatic rings. The molecular weight excluding hydrogens is 499 g/mol. The van der Waals surface area contributed by atoms with Gasteiger partial charge in [-0.1, -0.05) is 6.92 Å². The van der Waals surface area contributed by atoms with Crippen LogP contribution in [0.3, 0.4) is 0 Å². The summed E-state index contributed by atoms with van der Waals surface area (Å²) in [6.07, 6.45) is -1.69. The molecule has 3 heterocycles. The second-order valence-electron chi connectivity index (χ2n) is 6.58. The summed E-state index contributed by atoms with van der Waals surface area (Å²) in [5.74, 6) is -5.63. The quantitative estimate of drug-likeness (QED) is 0.439. The van der Waals surface area contributed by atoms with Gasteiger partial charge in [0.15, 0.2) is 15.8 Å². The second kappa shape index (κ2) is 9.26. The van der Waals surface area contributed by atoms with Gasteiger partial charge in [0.2, 0.25) is 0 Å². The van der Waals surface area contributed by atoms with Crippen LogP contribution in [0.1, 0.15) is 12.6 Å². The number of halogens is 5. The number of rotatable bonds is 7. The number of nitrogens with zero attached hydrogens (tertiary/aromatic N) is 4. The number of imidazole rings is 1. The third kappa shape index (κ3) is 5.62. The lowest BCUT2D eigenvalue weighted by atomic mass is 10.2. The molecule has 33 heavy (non-hydrogen) atoms. The molecule has 1 atom stereocenters. The predicted molar refractivity (Wildman–Crippen MR) is 107 cm³/mol. The first kappa shape index (κ1) is 26.5. The van der Waals surface area contributed by atoms with Gasteiger partial charge in [-0.15, -0.1) is 0 Å². The highest BCUT2D eigenvalue weighted by molar-refractivity contribution is 7.90. The molecule has 3 aromatic heterocycles. The number of ether oxygens (including phenoxy) is 1. The number of alkyl halides is 5. The number of pyridine rings is 1. The highest BCUT2D eigenvalue weighted by Gasteiger charge is 2.60. The standard InChI is InChI=1S/C17H15F5N4O4S2.H2O/c1-3-31(27)12-4-10(30-9-32(2,28)29)6-23-15(12)11-7-26-8-24-13(5-14(26)25-11)16(18,19)17(20,21)22;/h4-8H,3,9H2,1-2H3;1H2. The number of sulfone groups is 1. The van der Waals surface area contributed by atoms with Crippen LogP contribution in [0, 0.1) is 0 Å². The van der Waals surface area contributed by atoms with Gasteiger partial charge in [-0.25, -0.2) is 23.4 Å². The molecule has 0 aliphatic carbocycles. The summed E-state index contributed by atoms with van der Waals surface area (Å²) in [5.41, 5.74) is -1.69.